The van der Waals surface area contributed by atoms with Crippen molar-refractivity contribution in [3.05, 3.63) is 128 Å². The van der Waals surface area contributed by atoms with Crippen LogP contribution in [0.25, 0.3) is 33.6 Å². The highest BCUT2D eigenvalue weighted by Crippen LogP contribution is 2.41. The van der Waals surface area contributed by atoms with Crippen molar-refractivity contribution in [1.82, 2.24) is 9.97 Å². The van der Waals surface area contributed by atoms with Crippen LogP contribution in [0.5, 0.6) is 0 Å². The lowest BCUT2D eigenvalue weighted by Crippen LogP contribution is -2.43. The second-order valence-electron chi connectivity index (χ2n) is 19.8. The molecule has 0 saturated carbocycles. The molecule has 6 nitrogen and oxygen atoms in total. The summed E-state index contributed by atoms with van der Waals surface area (Å²) in [4.78, 5) is 9.81. The minimum Gasteiger partial charge on any atom is -0.377 e. The molecule has 0 spiro atoms. The van der Waals surface area contributed by atoms with Crippen LogP contribution in [0.2, 0.25) is 16.6 Å². The van der Waals surface area contributed by atoms with E-state index in [0.29, 0.717) is 36.4 Å². The fourth-order valence-corrected chi connectivity index (χ4v) is 15.7. The van der Waals surface area contributed by atoms with Crippen LogP contribution in [0.3, 0.4) is 0 Å². The lowest BCUT2D eigenvalue weighted by atomic mass is 10.00. The molecule has 6 rings (SSSR count). The molecule has 2 aromatic heterocycles. The number of unbranched alkanes of at least 4 members (excludes halogenated alkanes) is 6. The van der Waals surface area contributed by atoms with E-state index in [1.807, 2.05) is 12.4 Å². The van der Waals surface area contributed by atoms with E-state index in [9.17, 15) is 0 Å². The van der Waals surface area contributed by atoms with Gasteiger partial charge in [-0.25, -0.2) is 0 Å². The molecule has 3 heterocycles. The van der Waals surface area contributed by atoms with Gasteiger partial charge in [-0.05, 0) is 166 Å². The molecule has 0 bridgehead atoms. The summed E-state index contributed by atoms with van der Waals surface area (Å²) < 4.78 is 25.7. The third-order valence-electron chi connectivity index (χ3n) is 13.4. The standard InChI is InChI=1S/C61H77IN2O4Si/c1-9-11-13-16-27-65-42-52-33-49(21-20-48-31-50(26-30-69(45(3)4,46(5)6)47(7)8)34-51(32-48)44-68-61-19-15-18-29-67-61)35-56(36-52)54-22-24-59(63-40-54)60-25-23-55(41-64-60)57-37-53(38-58(62)39-57)43-66-28-17-14-12-10-2/h22-25,31-41,45-47,61H,9-19,27-29,42-44H2,1-8H3. The van der Waals surface area contributed by atoms with Gasteiger partial charge in [-0.15, -0.1) is 5.54 Å². The van der Waals surface area contributed by atoms with Crippen molar-refractivity contribution in [2.75, 3.05) is 19.8 Å². The predicted molar refractivity (Wildman–Crippen MR) is 297 cm³/mol. The number of nitrogens with zero attached hydrogens (tertiary/aromatic N) is 2. The third kappa shape index (κ3) is 16.5. The third-order valence-corrected chi connectivity index (χ3v) is 20.3. The Bertz CT molecular complexity index is 2470. The normalized spacial score (nSPS) is 13.9. The highest BCUT2D eigenvalue weighted by molar-refractivity contribution is 14.1. The topological polar surface area (TPSA) is 62.7 Å². The van der Waals surface area contributed by atoms with Crippen LogP contribution in [0.1, 0.15) is 159 Å². The van der Waals surface area contributed by atoms with Gasteiger partial charge in [0.2, 0.25) is 0 Å². The molecule has 0 amide bonds. The van der Waals surface area contributed by atoms with Gasteiger partial charge < -0.3 is 18.9 Å². The molecule has 3 aromatic carbocycles. The van der Waals surface area contributed by atoms with Crippen molar-refractivity contribution in [1.29, 1.82) is 0 Å². The van der Waals surface area contributed by atoms with E-state index >= 15 is 0 Å². The molecule has 1 atom stereocenters. The monoisotopic (exact) mass is 1060 g/mol. The molecule has 1 aliphatic rings. The first kappa shape index (κ1) is 54.2. The van der Waals surface area contributed by atoms with E-state index in [1.54, 1.807) is 0 Å². The maximum absolute atomic E-state index is 6.30. The summed E-state index contributed by atoms with van der Waals surface area (Å²) in [6, 6.07) is 28.0. The van der Waals surface area contributed by atoms with Crippen LogP contribution in [0.4, 0.5) is 0 Å². The predicted octanol–water partition coefficient (Wildman–Crippen LogP) is 16.3. The number of benzene rings is 3. The summed E-state index contributed by atoms with van der Waals surface area (Å²) in [6.07, 6.45) is 16.4. The van der Waals surface area contributed by atoms with Crippen molar-refractivity contribution in [3.8, 4) is 56.9 Å². The van der Waals surface area contributed by atoms with E-state index in [-0.39, 0.29) is 6.29 Å². The number of aromatic nitrogens is 2. The van der Waals surface area contributed by atoms with Gasteiger partial charge in [0, 0.05) is 63.6 Å². The number of hydrogen-bond acceptors (Lipinski definition) is 6. The summed E-state index contributed by atoms with van der Waals surface area (Å²) in [5.41, 5.74) is 17.7. The van der Waals surface area contributed by atoms with Gasteiger partial charge in [0.05, 0.1) is 31.2 Å². The number of ether oxygens (including phenoxy) is 4. The van der Waals surface area contributed by atoms with Crippen molar-refractivity contribution < 1.29 is 18.9 Å². The lowest BCUT2D eigenvalue weighted by Gasteiger charge is -2.38. The average Bonchev–Trinajstić information content (AvgIpc) is 3.35. The molecule has 8 heteroatoms. The summed E-state index contributed by atoms with van der Waals surface area (Å²) in [6.45, 7) is 22.5. The van der Waals surface area contributed by atoms with Crippen molar-refractivity contribution in [2.24, 2.45) is 0 Å². The van der Waals surface area contributed by atoms with E-state index in [1.165, 1.54) is 47.7 Å². The zero-order valence-electron chi connectivity index (χ0n) is 42.9. The molecule has 366 valence electrons. The highest BCUT2D eigenvalue weighted by Gasteiger charge is 2.41. The van der Waals surface area contributed by atoms with Gasteiger partial charge >= 0.3 is 0 Å². The zero-order valence-corrected chi connectivity index (χ0v) is 46.1. The Kier molecular flexibility index (Phi) is 22.0. The van der Waals surface area contributed by atoms with Gasteiger partial charge in [0.1, 0.15) is 8.07 Å². The first-order valence-electron chi connectivity index (χ1n) is 25.9. The SMILES string of the molecule is CCCCCCOCc1cc(I)cc(-c2ccc(-c3ccc(-c4cc(C#Cc5cc(C#C[Si](C(C)C)(C(C)C)C(C)C)cc(COC6CCCCO6)c5)cc(COCCCCCC)c4)cn3)nc2)c1. The molecule has 1 unspecified atom stereocenters. The molecule has 0 radical (unpaired) electrons. The number of pyridine rings is 2. The maximum atomic E-state index is 6.30. The Balaban J connectivity index is 1.26. The zero-order chi connectivity index (χ0) is 49.0. The van der Waals surface area contributed by atoms with Crippen molar-refractivity contribution in [2.45, 2.75) is 169 Å². The lowest BCUT2D eigenvalue weighted by molar-refractivity contribution is -0.168. The van der Waals surface area contributed by atoms with Gasteiger partial charge in [-0.2, -0.15) is 0 Å². The Morgan fingerprint density at radius 1 is 0.580 bits per heavy atom. The van der Waals surface area contributed by atoms with Crippen LogP contribution in [-0.4, -0.2) is 44.2 Å². The number of hydrogen-bond donors (Lipinski definition) is 0. The van der Waals surface area contributed by atoms with Crippen molar-refractivity contribution in [3.63, 3.8) is 0 Å². The first-order valence-corrected chi connectivity index (χ1v) is 29.2. The van der Waals surface area contributed by atoms with Crippen molar-refractivity contribution >= 4 is 30.7 Å². The fraction of sp³-hybridized carbons (Fsp3) is 0.475. The van der Waals surface area contributed by atoms with Gasteiger partial charge in [-0.3, -0.25) is 9.97 Å². The smallest absolute Gasteiger partial charge is 0.158 e. The first-order chi connectivity index (χ1) is 33.5. The van der Waals surface area contributed by atoms with Crippen LogP contribution < -0.4 is 0 Å². The number of rotatable bonds is 23. The molecular formula is C61H77IN2O4Si. The molecular weight excluding hydrogens is 980 g/mol. The second-order valence-corrected chi connectivity index (χ2v) is 26.6. The Morgan fingerprint density at radius 2 is 1.10 bits per heavy atom. The van der Waals surface area contributed by atoms with Gasteiger partial charge in [0.25, 0.3) is 0 Å². The molecule has 0 N–H and O–H groups in total. The Labute approximate surface area is 430 Å². The van der Waals surface area contributed by atoms with Crippen LogP contribution >= 0.6 is 22.6 Å². The Morgan fingerprint density at radius 3 is 1.61 bits per heavy atom. The number of halogens is 1. The largest absolute Gasteiger partial charge is 0.377 e. The van der Waals surface area contributed by atoms with Crippen LogP contribution in [0, 0.1) is 26.9 Å². The molecule has 1 saturated heterocycles. The highest BCUT2D eigenvalue weighted by atomic mass is 127. The molecule has 69 heavy (non-hydrogen) atoms. The van der Waals surface area contributed by atoms with E-state index < -0.39 is 8.07 Å². The average molecular weight is 1060 g/mol. The summed E-state index contributed by atoms with van der Waals surface area (Å²) in [5, 5.41) is 0. The van der Waals surface area contributed by atoms with E-state index in [2.05, 4.69) is 180 Å². The van der Waals surface area contributed by atoms with Crippen LogP contribution in [0.15, 0.2) is 91.3 Å². The van der Waals surface area contributed by atoms with Gasteiger partial charge in [0.15, 0.2) is 6.29 Å². The minimum absolute atomic E-state index is 0.172. The van der Waals surface area contributed by atoms with E-state index in [0.717, 1.165) is 113 Å². The van der Waals surface area contributed by atoms with Gasteiger partial charge in [-0.1, -0.05) is 124 Å². The molecule has 1 fully saturated rings. The van der Waals surface area contributed by atoms with E-state index in [4.69, 9.17) is 28.9 Å². The summed E-state index contributed by atoms with van der Waals surface area (Å²) in [7, 11) is -1.95. The summed E-state index contributed by atoms with van der Waals surface area (Å²) in [5.74, 6) is 10.8. The summed E-state index contributed by atoms with van der Waals surface area (Å²) >= 11 is 2.39. The minimum atomic E-state index is -1.95. The Hall–Kier alpha value is -4.13. The molecule has 1 aliphatic heterocycles. The molecule has 0 aliphatic carbocycles. The second kappa shape index (κ2) is 28.0. The maximum Gasteiger partial charge on any atom is 0.158 e. The fourth-order valence-electron chi connectivity index (χ4n) is 9.70. The quantitative estimate of drug-likeness (QED) is 0.0281. The molecule has 5 aromatic rings. The van der Waals surface area contributed by atoms with Crippen LogP contribution in [-0.2, 0) is 38.8 Å².